The van der Waals surface area contributed by atoms with E-state index in [-0.39, 0.29) is 0 Å². The third kappa shape index (κ3) is 2.84. The van der Waals surface area contributed by atoms with Crippen LogP contribution in [0.25, 0.3) is 10.9 Å². The zero-order valence-electron chi connectivity index (χ0n) is 11.1. The van der Waals surface area contributed by atoms with Crippen molar-refractivity contribution in [1.29, 1.82) is 0 Å². The minimum Gasteiger partial charge on any atom is -0.345 e. The lowest BCUT2D eigenvalue weighted by atomic mass is 10.2. The Kier molecular flexibility index (Phi) is 4.00. The van der Waals surface area contributed by atoms with Crippen LogP contribution in [0.1, 0.15) is 5.69 Å². The Hall–Kier alpha value is -1.84. The first-order valence-corrected chi connectivity index (χ1v) is 7.06. The van der Waals surface area contributed by atoms with Crippen molar-refractivity contribution in [2.24, 2.45) is 0 Å². The van der Waals surface area contributed by atoms with Crippen LogP contribution in [0.3, 0.4) is 0 Å². The normalized spacial score (nSPS) is 11.1. The smallest absolute Gasteiger partial charge is 0.0670 e. The van der Waals surface area contributed by atoms with Gasteiger partial charge in [0, 0.05) is 37.4 Å². The molecule has 0 aliphatic carbocycles. The van der Waals surface area contributed by atoms with Crippen LogP contribution in [0.4, 0.5) is 0 Å². The van der Waals surface area contributed by atoms with Crippen molar-refractivity contribution in [3.8, 4) is 0 Å². The van der Waals surface area contributed by atoms with E-state index in [1.807, 2.05) is 36.5 Å². The Bertz CT molecular complexity index is 691. The van der Waals surface area contributed by atoms with Crippen molar-refractivity contribution in [3.63, 3.8) is 0 Å². The molecule has 0 fully saturated rings. The second-order valence-corrected chi connectivity index (χ2v) is 5.09. The van der Waals surface area contributed by atoms with Crippen molar-refractivity contribution < 1.29 is 0 Å². The Balaban J connectivity index is 1.60. The highest BCUT2D eigenvalue weighted by atomic mass is 35.5. The molecule has 2 aromatic heterocycles. The van der Waals surface area contributed by atoms with Gasteiger partial charge in [-0.2, -0.15) is 0 Å². The first-order chi connectivity index (χ1) is 9.84. The maximum absolute atomic E-state index is 6.26. The van der Waals surface area contributed by atoms with Crippen molar-refractivity contribution >= 4 is 22.5 Å². The second kappa shape index (κ2) is 6.07. The van der Waals surface area contributed by atoms with Gasteiger partial charge in [-0.05, 0) is 24.3 Å². The van der Waals surface area contributed by atoms with Crippen LogP contribution < -0.4 is 5.32 Å². The summed E-state index contributed by atoms with van der Waals surface area (Å²) in [6.45, 7) is 2.55. The highest BCUT2D eigenvalue weighted by molar-refractivity contribution is 6.35. The molecule has 3 rings (SSSR count). The molecule has 0 aliphatic heterocycles. The molecule has 3 nitrogen and oxygen atoms in total. The number of hydrogen-bond acceptors (Lipinski definition) is 2. The minimum atomic E-state index is 0.785. The van der Waals surface area contributed by atoms with Crippen molar-refractivity contribution in [2.75, 3.05) is 6.54 Å². The molecule has 102 valence electrons. The Labute approximate surface area is 123 Å². The van der Waals surface area contributed by atoms with Gasteiger partial charge in [0.25, 0.3) is 0 Å². The summed E-state index contributed by atoms with van der Waals surface area (Å²) >= 11 is 6.26. The summed E-state index contributed by atoms with van der Waals surface area (Å²) in [5.41, 5.74) is 2.16. The van der Waals surface area contributed by atoms with Gasteiger partial charge in [-0.3, -0.25) is 4.98 Å². The molecule has 0 radical (unpaired) electrons. The number of aromatic nitrogens is 2. The fourth-order valence-electron chi connectivity index (χ4n) is 2.32. The van der Waals surface area contributed by atoms with E-state index < -0.39 is 0 Å². The van der Waals surface area contributed by atoms with E-state index in [9.17, 15) is 0 Å². The van der Waals surface area contributed by atoms with Crippen LogP contribution in [0.5, 0.6) is 0 Å². The van der Waals surface area contributed by atoms with E-state index in [1.54, 1.807) is 0 Å². The van der Waals surface area contributed by atoms with E-state index in [1.165, 1.54) is 5.39 Å². The zero-order chi connectivity index (χ0) is 13.8. The number of nitrogens with zero attached hydrogens (tertiary/aromatic N) is 2. The number of pyridine rings is 1. The standard InChI is InChI=1S/C16H16ClN3/c17-15-6-3-4-13-7-10-20(16(13)15)11-9-18-12-14-5-1-2-8-19-14/h1-8,10,18H,9,11-12H2. The van der Waals surface area contributed by atoms with E-state index in [0.29, 0.717) is 0 Å². The van der Waals surface area contributed by atoms with Gasteiger partial charge in [0.2, 0.25) is 0 Å². The minimum absolute atomic E-state index is 0.785. The van der Waals surface area contributed by atoms with Crippen LogP contribution in [0.15, 0.2) is 54.9 Å². The lowest BCUT2D eigenvalue weighted by Gasteiger charge is -2.08. The number of fused-ring (bicyclic) bond motifs is 1. The van der Waals surface area contributed by atoms with Gasteiger partial charge in [0.15, 0.2) is 0 Å². The summed E-state index contributed by atoms with van der Waals surface area (Å²) in [6.07, 6.45) is 3.90. The maximum atomic E-state index is 6.26. The molecule has 0 aliphatic rings. The number of para-hydroxylation sites is 1. The summed E-state index contributed by atoms with van der Waals surface area (Å²) in [5, 5.41) is 5.38. The molecule has 0 unspecified atom stereocenters. The van der Waals surface area contributed by atoms with Gasteiger partial charge < -0.3 is 9.88 Å². The third-order valence-corrected chi connectivity index (χ3v) is 3.61. The average Bonchev–Trinajstić information content (AvgIpc) is 2.89. The first-order valence-electron chi connectivity index (χ1n) is 6.68. The monoisotopic (exact) mass is 285 g/mol. The summed E-state index contributed by atoms with van der Waals surface area (Å²) < 4.78 is 2.18. The van der Waals surface area contributed by atoms with Gasteiger partial charge in [-0.1, -0.05) is 29.8 Å². The molecule has 4 heteroatoms. The van der Waals surface area contributed by atoms with Crippen LogP contribution in [-0.4, -0.2) is 16.1 Å². The highest BCUT2D eigenvalue weighted by Gasteiger charge is 2.04. The number of hydrogen-bond donors (Lipinski definition) is 1. The lowest BCUT2D eigenvalue weighted by molar-refractivity contribution is 0.603. The number of halogens is 1. The average molecular weight is 286 g/mol. The molecule has 1 N–H and O–H groups in total. The number of benzene rings is 1. The SMILES string of the molecule is Clc1cccc2ccn(CCNCc3ccccn3)c12. The second-order valence-electron chi connectivity index (χ2n) is 4.68. The third-order valence-electron chi connectivity index (χ3n) is 3.30. The van der Waals surface area contributed by atoms with Crippen molar-refractivity contribution in [3.05, 3.63) is 65.6 Å². The zero-order valence-corrected chi connectivity index (χ0v) is 11.8. The predicted octanol–water partition coefficient (Wildman–Crippen LogP) is 3.48. The molecule has 0 bridgehead atoms. The predicted molar refractivity (Wildman–Crippen MR) is 82.9 cm³/mol. The Morgan fingerprint density at radius 3 is 2.90 bits per heavy atom. The number of rotatable bonds is 5. The van der Waals surface area contributed by atoms with Gasteiger partial charge in [-0.15, -0.1) is 0 Å². The van der Waals surface area contributed by atoms with Gasteiger partial charge in [0.1, 0.15) is 0 Å². The molecule has 2 heterocycles. The van der Waals surface area contributed by atoms with E-state index in [4.69, 9.17) is 11.6 Å². The quantitative estimate of drug-likeness (QED) is 0.728. The Morgan fingerprint density at radius 1 is 1.10 bits per heavy atom. The lowest BCUT2D eigenvalue weighted by Crippen LogP contribution is -2.19. The summed E-state index contributed by atoms with van der Waals surface area (Å²) in [4.78, 5) is 4.29. The summed E-state index contributed by atoms with van der Waals surface area (Å²) in [6, 6.07) is 14.0. The molecular formula is C16H16ClN3. The number of nitrogens with one attached hydrogen (secondary N) is 1. The van der Waals surface area contributed by atoms with Crippen LogP contribution in [0, 0.1) is 0 Å². The van der Waals surface area contributed by atoms with Crippen LogP contribution >= 0.6 is 11.6 Å². The van der Waals surface area contributed by atoms with Gasteiger partial charge >= 0.3 is 0 Å². The molecule has 0 saturated carbocycles. The summed E-state index contributed by atoms with van der Waals surface area (Å²) in [5.74, 6) is 0. The molecule has 0 saturated heterocycles. The molecular weight excluding hydrogens is 270 g/mol. The molecule has 1 aromatic carbocycles. The molecule has 0 spiro atoms. The topological polar surface area (TPSA) is 29.9 Å². The first kappa shape index (κ1) is 13.2. The fraction of sp³-hybridized carbons (Fsp3) is 0.188. The highest BCUT2D eigenvalue weighted by Crippen LogP contribution is 2.24. The van der Waals surface area contributed by atoms with Crippen LogP contribution in [0.2, 0.25) is 5.02 Å². The van der Waals surface area contributed by atoms with Gasteiger partial charge in [0.05, 0.1) is 16.2 Å². The molecule has 3 aromatic rings. The molecule has 20 heavy (non-hydrogen) atoms. The van der Waals surface area contributed by atoms with Crippen molar-refractivity contribution in [1.82, 2.24) is 14.9 Å². The van der Waals surface area contributed by atoms with Crippen molar-refractivity contribution in [2.45, 2.75) is 13.1 Å². The van der Waals surface area contributed by atoms with Crippen LogP contribution in [-0.2, 0) is 13.1 Å². The largest absolute Gasteiger partial charge is 0.345 e. The van der Waals surface area contributed by atoms with E-state index in [2.05, 4.69) is 33.2 Å². The fourth-order valence-corrected chi connectivity index (χ4v) is 2.61. The van der Waals surface area contributed by atoms with E-state index in [0.717, 1.165) is 35.9 Å². The summed E-state index contributed by atoms with van der Waals surface area (Å²) in [7, 11) is 0. The van der Waals surface area contributed by atoms with E-state index >= 15 is 0 Å². The van der Waals surface area contributed by atoms with Gasteiger partial charge in [-0.25, -0.2) is 0 Å². The Morgan fingerprint density at radius 2 is 2.05 bits per heavy atom. The molecule has 0 amide bonds. The maximum Gasteiger partial charge on any atom is 0.0670 e. The molecule has 0 atom stereocenters.